The van der Waals surface area contributed by atoms with Gasteiger partial charge in [-0.25, -0.2) is 13.2 Å². The minimum Gasteiger partial charge on any atom is -0.452 e. The summed E-state index contributed by atoms with van der Waals surface area (Å²) in [6.07, 6.45) is 0.436. The second-order valence-electron chi connectivity index (χ2n) is 7.37. The van der Waals surface area contributed by atoms with Crippen molar-refractivity contribution in [2.45, 2.75) is 40.2 Å². The fourth-order valence-electron chi connectivity index (χ4n) is 3.03. The molecule has 0 aromatic heterocycles. The van der Waals surface area contributed by atoms with Gasteiger partial charge >= 0.3 is 5.97 Å². The Morgan fingerprint density at radius 2 is 1.92 bits per heavy atom. The van der Waals surface area contributed by atoms with Crippen molar-refractivity contribution in [1.82, 2.24) is 4.90 Å². The van der Waals surface area contributed by atoms with E-state index in [1.807, 2.05) is 33.8 Å². The van der Waals surface area contributed by atoms with Crippen LogP contribution in [-0.2, 0) is 19.4 Å². The Balaban J connectivity index is 2.02. The second-order valence-corrected chi connectivity index (χ2v) is 9.60. The van der Waals surface area contributed by atoms with Crippen LogP contribution >= 0.6 is 0 Å². The predicted molar refractivity (Wildman–Crippen MR) is 99.8 cm³/mol. The van der Waals surface area contributed by atoms with Crippen LogP contribution in [0.3, 0.4) is 0 Å². The number of hydrogen-bond donors (Lipinski definition) is 0. The molecule has 0 unspecified atom stereocenters. The van der Waals surface area contributed by atoms with Crippen molar-refractivity contribution in [2.24, 2.45) is 5.92 Å². The van der Waals surface area contributed by atoms with Gasteiger partial charge in [-0.1, -0.05) is 19.9 Å². The standard InChI is InChI=1S/C19H27NO5S/c1-13(2)10-20(17-7-8-26(23,24)12-17)18(21)11-25-19(22)16-6-5-14(3)15(4)9-16/h5-6,9,13,17H,7-8,10-12H2,1-4H3/t17-/m1/s1. The van der Waals surface area contributed by atoms with Crippen LogP contribution in [0, 0.1) is 19.8 Å². The molecule has 0 saturated carbocycles. The average Bonchev–Trinajstić information content (AvgIpc) is 2.92. The summed E-state index contributed by atoms with van der Waals surface area (Å²) in [4.78, 5) is 26.3. The van der Waals surface area contributed by atoms with Gasteiger partial charge in [-0.15, -0.1) is 0 Å². The summed E-state index contributed by atoms with van der Waals surface area (Å²) in [5, 5.41) is 0. The van der Waals surface area contributed by atoms with Crippen LogP contribution in [0.15, 0.2) is 18.2 Å². The van der Waals surface area contributed by atoms with Crippen molar-refractivity contribution >= 4 is 21.7 Å². The molecular formula is C19H27NO5S. The van der Waals surface area contributed by atoms with E-state index < -0.39 is 15.8 Å². The fourth-order valence-corrected chi connectivity index (χ4v) is 4.76. The van der Waals surface area contributed by atoms with E-state index >= 15 is 0 Å². The zero-order valence-electron chi connectivity index (χ0n) is 15.8. The molecule has 0 radical (unpaired) electrons. The number of sulfone groups is 1. The number of amides is 1. The highest BCUT2D eigenvalue weighted by Gasteiger charge is 2.35. The number of carbonyl (C=O) groups excluding carboxylic acids is 2. The molecule has 6 nitrogen and oxygen atoms in total. The lowest BCUT2D eigenvalue weighted by Crippen LogP contribution is -2.45. The highest BCUT2D eigenvalue weighted by molar-refractivity contribution is 7.91. The van der Waals surface area contributed by atoms with Crippen molar-refractivity contribution < 1.29 is 22.7 Å². The monoisotopic (exact) mass is 381 g/mol. The molecule has 7 heteroatoms. The molecular weight excluding hydrogens is 354 g/mol. The lowest BCUT2D eigenvalue weighted by molar-refractivity contribution is -0.137. The lowest BCUT2D eigenvalue weighted by Gasteiger charge is -2.29. The second kappa shape index (κ2) is 8.20. The number of carbonyl (C=O) groups is 2. The number of esters is 1. The molecule has 0 N–H and O–H groups in total. The number of benzene rings is 1. The van der Waals surface area contributed by atoms with Gasteiger partial charge in [-0.2, -0.15) is 0 Å². The maximum Gasteiger partial charge on any atom is 0.338 e. The van der Waals surface area contributed by atoms with E-state index in [1.165, 1.54) is 0 Å². The summed E-state index contributed by atoms with van der Waals surface area (Å²) in [7, 11) is -3.09. The molecule has 1 amide bonds. The summed E-state index contributed by atoms with van der Waals surface area (Å²) < 4.78 is 28.7. The minimum absolute atomic E-state index is 0.0173. The van der Waals surface area contributed by atoms with E-state index in [9.17, 15) is 18.0 Å². The molecule has 2 rings (SSSR count). The summed E-state index contributed by atoms with van der Waals surface area (Å²) >= 11 is 0. The molecule has 1 aromatic rings. The number of nitrogens with zero attached hydrogens (tertiary/aromatic N) is 1. The first-order valence-corrected chi connectivity index (χ1v) is 10.7. The van der Waals surface area contributed by atoms with Crippen LogP contribution in [0.4, 0.5) is 0 Å². The maximum atomic E-state index is 12.6. The Labute approximate surface area is 155 Å². The predicted octanol–water partition coefficient (Wildman–Crippen LogP) is 2.13. The zero-order valence-corrected chi connectivity index (χ0v) is 16.6. The molecule has 26 heavy (non-hydrogen) atoms. The molecule has 1 saturated heterocycles. The molecule has 1 atom stereocenters. The van der Waals surface area contributed by atoms with Crippen LogP contribution in [0.1, 0.15) is 41.8 Å². The van der Waals surface area contributed by atoms with Gasteiger partial charge in [0.05, 0.1) is 17.1 Å². The normalized spacial score (nSPS) is 18.7. The van der Waals surface area contributed by atoms with E-state index in [2.05, 4.69) is 0 Å². The van der Waals surface area contributed by atoms with Crippen LogP contribution in [0.25, 0.3) is 0 Å². The molecule has 0 aliphatic carbocycles. The first-order valence-electron chi connectivity index (χ1n) is 8.83. The van der Waals surface area contributed by atoms with Crippen LogP contribution in [0.5, 0.6) is 0 Å². The Bertz CT molecular complexity index is 785. The molecule has 1 aliphatic rings. The first-order chi connectivity index (χ1) is 12.1. The molecule has 1 aliphatic heterocycles. The van der Waals surface area contributed by atoms with E-state index in [0.29, 0.717) is 18.5 Å². The topological polar surface area (TPSA) is 80.8 Å². The number of rotatable bonds is 6. The van der Waals surface area contributed by atoms with E-state index in [-0.39, 0.29) is 36.0 Å². The summed E-state index contributed by atoms with van der Waals surface area (Å²) in [6, 6.07) is 4.90. The smallest absolute Gasteiger partial charge is 0.338 e. The summed E-state index contributed by atoms with van der Waals surface area (Å²) in [5.41, 5.74) is 2.45. The molecule has 0 spiro atoms. The quantitative estimate of drug-likeness (QED) is 0.705. The molecule has 1 fully saturated rings. The minimum atomic E-state index is -3.09. The Morgan fingerprint density at radius 3 is 2.46 bits per heavy atom. The third-order valence-electron chi connectivity index (χ3n) is 4.60. The van der Waals surface area contributed by atoms with E-state index in [0.717, 1.165) is 11.1 Å². The van der Waals surface area contributed by atoms with Gasteiger partial charge in [0, 0.05) is 12.6 Å². The lowest BCUT2D eigenvalue weighted by atomic mass is 10.1. The third-order valence-corrected chi connectivity index (χ3v) is 6.35. The van der Waals surface area contributed by atoms with Gasteiger partial charge in [-0.05, 0) is 49.4 Å². The molecule has 1 heterocycles. The molecule has 0 bridgehead atoms. The Kier molecular flexibility index (Phi) is 6.44. The number of ether oxygens (including phenoxy) is 1. The van der Waals surface area contributed by atoms with Crippen molar-refractivity contribution in [1.29, 1.82) is 0 Å². The first kappa shape index (κ1) is 20.4. The average molecular weight is 381 g/mol. The molecule has 1 aromatic carbocycles. The number of aryl methyl sites for hydroxylation is 2. The van der Waals surface area contributed by atoms with Crippen molar-refractivity contribution in [3.05, 3.63) is 34.9 Å². The Morgan fingerprint density at radius 1 is 1.23 bits per heavy atom. The zero-order chi connectivity index (χ0) is 19.5. The van der Waals surface area contributed by atoms with E-state index in [4.69, 9.17) is 4.74 Å². The highest BCUT2D eigenvalue weighted by atomic mass is 32.2. The van der Waals surface area contributed by atoms with Crippen molar-refractivity contribution in [2.75, 3.05) is 24.7 Å². The van der Waals surface area contributed by atoms with Gasteiger partial charge in [-0.3, -0.25) is 4.79 Å². The van der Waals surface area contributed by atoms with Gasteiger partial charge in [0.2, 0.25) is 0 Å². The van der Waals surface area contributed by atoms with Gasteiger partial charge in [0.25, 0.3) is 5.91 Å². The largest absolute Gasteiger partial charge is 0.452 e. The Hall–Kier alpha value is -1.89. The third kappa shape index (κ3) is 5.30. The summed E-state index contributed by atoms with van der Waals surface area (Å²) in [6.45, 7) is 7.85. The van der Waals surface area contributed by atoms with Crippen LogP contribution < -0.4 is 0 Å². The van der Waals surface area contributed by atoms with Crippen LogP contribution in [0.2, 0.25) is 0 Å². The highest BCUT2D eigenvalue weighted by Crippen LogP contribution is 2.19. The van der Waals surface area contributed by atoms with Crippen molar-refractivity contribution in [3.63, 3.8) is 0 Å². The number of hydrogen-bond acceptors (Lipinski definition) is 5. The van der Waals surface area contributed by atoms with Gasteiger partial charge in [0.15, 0.2) is 16.4 Å². The summed E-state index contributed by atoms with van der Waals surface area (Å²) in [5.74, 6) is -0.626. The fraction of sp³-hybridized carbons (Fsp3) is 0.579. The van der Waals surface area contributed by atoms with Crippen molar-refractivity contribution in [3.8, 4) is 0 Å². The maximum absolute atomic E-state index is 12.6. The molecule has 144 valence electrons. The SMILES string of the molecule is Cc1ccc(C(=O)OCC(=O)N(CC(C)C)[C@@H]2CCS(=O)(=O)C2)cc1C. The van der Waals surface area contributed by atoms with E-state index in [1.54, 1.807) is 17.0 Å². The van der Waals surface area contributed by atoms with Gasteiger partial charge in [0.1, 0.15) is 0 Å². The van der Waals surface area contributed by atoms with Gasteiger partial charge < -0.3 is 9.64 Å². The van der Waals surface area contributed by atoms with Crippen LogP contribution in [-0.4, -0.2) is 55.9 Å².